The average Bonchev–Trinajstić information content (AvgIpc) is 2.42. The summed E-state index contributed by atoms with van der Waals surface area (Å²) in [7, 11) is 0. The third-order valence-electron chi connectivity index (χ3n) is 2.45. The van der Waals surface area contributed by atoms with E-state index in [-0.39, 0.29) is 17.2 Å². The van der Waals surface area contributed by atoms with Gasteiger partial charge in [0.05, 0.1) is 11.0 Å². The van der Waals surface area contributed by atoms with Gasteiger partial charge in [-0.05, 0) is 24.3 Å². The Bertz CT molecular complexity index is 690. The number of ether oxygens (including phenoxy) is 1. The number of nitrogens with zero attached hydrogens (tertiary/aromatic N) is 1. The molecule has 0 radical (unpaired) electrons. The fourth-order valence-electron chi connectivity index (χ4n) is 1.49. The van der Waals surface area contributed by atoms with Crippen molar-refractivity contribution in [1.29, 1.82) is 0 Å². The Balaban J connectivity index is 2.30. The van der Waals surface area contributed by atoms with E-state index in [1.165, 1.54) is 12.1 Å². The van der Waals surface area contributed by atoms with Gasteiger partial charge < -0.3 is 4.74 Å². The number of halogens is 2. The van der Waals surface area contributed by atoms with E-state index < -0.39 is 10.7 Å². The third-order valence-corrected chi connectivity index (χ3v) is 3.17. The number of hydrogen-bond acceptors (Lipinski definition) is 4. The summed E-state index contributed by atoms with van der Waals surface area (Å²) in [6, 6.07) is 7.63. The first-order valence-electron chi connectivity index (χ1n) is 5.38. The lowest BCUT2D eigenvalue weighted by atomic mass is 10.2. The first-order valence-corrected chi connectivity index (χ1v) is 6.17. The van der Waals surface area contributed by atoms with Crippen LogP contribution >= 0.6 is 15.9 Å². The molecule has 0 atom stereocenters. The standard InChI is InChI=1S/C13H7BrFNO4/c14-11-3-2-10(5-8(11)7-17)20-13-4-1-9(16(18)19)6-12(13)15/h1-7H. The average molecular weight is 340 g/mol. The van der Waals surface area contributed by atoms with Crippen LogP contribution in [0.25, 0.3) is 0 Å². The Kier molecular flexibility index (Phi) is 4.09. The highest BCUT2D eigenvalue weighted by Crippen LogP contribution is 2.29. The summed E-state index contributed by atoms with van der Waals surface area (Å²) in [6.07, 6.45) is 0.628. The molecular formula is C13H7BrFNO4. The SMILES string of the molecule is O=Cc1cc(Oc2ccc([N+](=O)[O-])cc2F)ccc1Br. The number of aldehydes is 1. The van der Waals surface area contributed by atoms with Crippen LogP contribution in [-0.2, 0) is 0 Å². The molecule has 5 nitrogen and oxygen atoms in total. The van der Waals surface area contributed by atoms with Crippen LogP contribution in [-0.4, -0.2) is 11.2 Å². The highest BCUT2D eigenvalue weighted by Gasteiger charge is 2.12. The fourth-order valence-corrected chi connectivity index (χ4v) is 1.83. The summed E-state index contributed by atoms with van der Waals surface area (Å²) in [6.45, 7) is 0. The topological polar surface area (TPSA) is 69.4 Å². The molecule has 2 rings (SSSR count). The maximum atomic E-state index is 13.6. The first-order chi connectivity index (χ1) is 9.51. The molecule has 0 bridgehead atoms. The Hall–Kier alpha value is -2.28. The van der Waals surface area contributed by atoms with Crippen LogP contribution in [0, 0.1) is 15.9 Å². The van der Waals surface area contributed by atoms with Crippen LogP contribution in [0.4, 0.5) is 10.1 Å². The van der Waals surface area contributed by atoms with Crippen molar-refractivity contribution in [3.63, 3.8) is 0 Å². The maximum absolute atomic E-state index is 13.6. The second-order valence-electron chi connectivity index (χ2n) is 3.78. The maximum Gasteiger partial charge on any atom is 0.272 e. The van der Waals surface area contributed by atoms with Crippen molar-refractivity contribution < 1.29 is 18.8 Å². The van der Waals surface area contributed by atoms with Gasteiger partial charge in [0.1, 0.15) is 5.75 Å². The van der Waals surface area contributed by atoms with E-state index >= 15 is 0 Å². The van der Waals surface area contributed by atoms with Crippen LogP contribution in [0.15, 0.2) is 40.9 Å². The van der Waals surface area contributed by atoms with E-state index in [1.807, 2.05) is 0 Å². The van der Waals surface area contributed by atoms with Crippen molar-refractivity contribution >= 4 is 27.9 Å². The van der Waals surface area contributed by atoms with Crippen LogP contribution in [0.3, 0.4) is 0 Å². The molecule has 0 aliphatic carbocycles. The summed E-state index contributed by atoms with van der Waals surface area (Å²) >= 11 is 3.18. The molecule has 0 N–H and O–H groups in total. The van der Waals surface area contributed by atoms with Crippen LogP contribution < -0.4 is 4.74 Å². The molecule has 0 saturated carbocycles. The summed E-state index contributed by atoms with van der Waals surface area (Å²) < 4.78 is 19.5. The normalized spacial score (nSPS) is 10.1. The van der Waals surface area contributed by atoms with Gasteiger partial charge in [0.25, 0.3) is 5.69 Å². The summed E-state index contributed by atoms with van der Waals surface area (Å²) in [5, 5.41) is 10.5. The molecule has 20 heavy (non-hydrogen) atoms. The number of carbonyl (C=O) groups is 1. The van der Waals surface area contributed by atoms with Crippen molar-refractivity contribution in [2.75, 3.05) is 0 Å². The molecule has 2 aromatic carbocycles. The quantitative estimate of drug-likeness (QED) is 0.477. The molecule has 0 unspecified atom stereocenters. The second kappa shape index (κ2) is 5.79. The molecule has 0 aliphatic rings. The summed E-state index contributed by atoms with van der Waals surface area (Å²) in [5.41, 5.74) is -0.0101. The summed E-state index contributed by atoms with van der Waals surface area (Å²) in [5.74, 6) is -0.757. The summed E-state index contributed by atoms with van der Waals surface area (Å²) in [4.78, 5) is 20.6. The molecule has 0 aliphatic heterocycles. The Morgan fingerprint density at radius 3 is 2.60 bits per heavy atom. The van der Waals surface area contributed by atoms with Gasteiger partial charge in [0, 0.05) is 16.1 Å². The minimum absolute atomic E-state index is 0.158. The number of non-ortho nitro benzene ring substituents is 1. The van der Waals surface area contributed by atoms with E-state index in [1.54, 1.807) is 6.07 Å². The number of nitro groups is 1. The molecule has 7 heteroatoms. The smallest absolute Gasteiger partial charge is 0.272 e. The first kappa shape index (κ1) is 14.1. The number of hydrogen-bond donors (Lipinski definition) is 0. The predicted molar refractivity (Wildman–Crippen MR) is 72.7 cm³/mol. The zero-order valence-electron chi connectivity index (χ0n) is 9.88. The van der Waals surface area contributed by atoms with E-state index in [0.717, 1.165) is 18.2 Å². The largest absolute Gasteiger partial charge is 0.454 e. The van der Waals surface area contributed by atoms with Crippen LogP contribution in [0.1, 0.15) is 10.4 Å². The number of rotatable bonds is 4. The van der Waals surface area contributed by atoms with Crippen molar-refractivity contribution in [3.8, 4) is 11.5 Å². The van der Waals surface area contributed by atoms with Gasteiger partial charge >= 0.3 is 0 Å². The Labute approximate surface area is 121 Å². The van der Waals surface area contributed by atoms with Gasteiger partial charge in [0.15, 0.2) is 17.9 Å². The number of carbonyl (C=O) groups excluding carboxylic acids is 1. The minimum atomic E-state index is -0.852. The molecule has 0 heterocycles. The lowest BCUT2D eigenvalue weighted by molar-refractivity contribution is -0.385. The lowest BCUT2D eigenvalue weighted by Crippen LogP contribution is -1.93. The van der Waals surface area contributed by atoms with Gasteiger partial charge in [-0.3, -0.25) is 14.9 Å². The molecule has 0 spiro atoms. The van der Waals surface area contributed by atoms with Gasteiger partial charge in [-0.2, -0.15) is 0 Å². The van der Waals surface area contributed by atoms with Gasteiger partial charge in [-0.1, -0.05) is 15.9 Å². The highest BCUT2D eigenvalue weighted by molar-refractivity contribution is 9.10. The van der Waals surface area contributed by atoms with Gasteiger partial charge in [-0.15, -0.1) is 0 Å². The molecule has 102 valence electrons. The zero-order chi connectivity index (χ0) is 14.7. The number of benzene rings is 2. The highest BCUT2D eigenvalue weighted by atomic mass is 79.9. The van der Waals surface area contributed by atoms with Crippen molar-refractivity contribution in [2.24, 2.45) is 0 Å². The van der Waals surface area contributed by atoms with E-state index in [9.17, 15) is 19.3 Å². The van der Waals surface area contributed by atoms with Crippen molar-refractivity contribution in [3.05, 3.63) is 62.4 Å². The zero-order valence-corrected chi connectivity index (χ0v) is 11.5. The Morgan fingerprint density at radius 1 is 1.25 bits per heavy atom. The van der Waals surface area contributed by atoms with Crippen molar-refractivity contribution in [1.82, 2.24) is 0 Å². The van der Waals surface area contributed by atoms with Gasteiger partial charge in [-0.25, -0.2) is 4.39 Å². The Morgan fingerprint density at radius 2 is 2.00 bits per heavy atom. The van der Waals surface area contributed by atoms with E-state index in [4.69, 9.17) is 4.74 Å². The monoisotopic (exact) mass is 339 g/mol. The lowest BCUT2D eigenvalue weighted by Gasteiger charge is -2.07. The molecule has 0 amide bonds. The van der Waals surface area contributed by atoms with E-state index in [0.29, 0.717) is 16.3 Å². The molecule has 0 aromatic heterocycles. The molecule has 2 aromatic rings. The third kappa shape index (κ3) is 3.00. The predicted octanol–water partition coefficient (Wildman–Crippen LogP) is 4.10. The van der Waals surface area contributed by atoms with Crippen LogP contribution in [0.5, 0.6) is 11.5 Å². The fraction of sp³-hybridized carbons (Fsp3) is 0. The van der Waals surface area contributed by atoms with Gasteiger partial charge in [0.2, 0.25) is 0 Å². The van der Waals surface area contributed by atoms with E-state index in [2.05, 4.69) is 15.9 Å². The number of nitro benzene ring substituents is 1. The molecule has 0 fully saturated rings. The minimum Gasteiger partial charge on any atom is -0.454 e. The molecule has 0 saturated heterocycles. The van der Waals surface area contributed by atoms with Crippen molar-refractivity contribution in [2.45, 2.75) is 0 Å². The van der Waals surface area contributed by atoms with Crippen LogP contribution in [0.2, 0.25) is 0 Å². The second-order valence-corrected chi connectivity index (χ2v) is 4.63. The molecular weight excluding hydrogens is 333 g/mol.